The van der Waals surface area contributed by atoms with Gasteiger partial charge in [0.15, 0.2) is 5.78 Å². The Morgan fingerprint density at radius 1 is 1.22 bits per heavy atom. The summed E-state index contributed by atoms with van der Waals surface area (Å²) in [4.78, 5) is 19.1. The Balaban J connectivity index is 1.75. The first-order chi connectivity index (χ1) is 11.3. The molecular formula is C19H24N2O2. The summed E-state index contributed by atoms with van der Waals surface area (Å²) in [6.07, 6.45) is 11.5. The van der Waals surface area contributed by atoms with Gasteiger partial charge in [0.1, 0.15) is 5.82 Å². The van der Waals surface area contributed by atoms with Gasteiger partial charge in [0.2, 0.25) is 0 Å². The van der Waals surface area contributed by atoms with E-state index in [4.69, 9.17) is 4.74 Å². The first-order valence-corrected chi connectivity index (χ1v) is 8.05. The van der Waals surface area contributed by atoms with Gasteiger partial charge < -0.3 is 9.72 Å². The zero-order valence-electron chi connectivity index (χ0n) is 13.6. The smallest absolute Gasteiger partial charge is 0.155 e. The highest BCUT2D eigenvalue weighted by atomic mass is 16.5. The highest BCUT2D eigenvalue weighted by Gasteiger charge is 1.99. The second kappa shape index (κ2) is 9.74. The molecule has 0 spiro atoms. The van der Waals surface area contributed by atoms with Crippen molar-refractivity contribution < 1.29 is 9.53 Å². The highest BCUT2D eigenvalue weighted by Crippen LogP contribution is 2.10. The number of nitrogens with zero attached hydrogens (tertiary/aromatic N) is 1. The Morgan fingerprint density at radius 2 is 2.04 bits per heavy atom. The van der Waals surface area contributed by atoms with Crippen LogP contribution in [0.4, 0.5) is 0 Å². The van der Waals surface area contributed by atoms with E-state index in [1.807, 2.05) is 24.4 Å². The quantitative estimate of drug-likeness (QED) is 0.536. The monoisotopic (exact) mass is 312 g/mol. The molecule has 0 unspecified atom stereocenters. The Hall–Kier alpha value is -2.20. The van der Waals surface area contributed by atoms with Crippen LogP contribution >= 0.6 is 0 Å². The predicted molar refractivity (Wildman–Crippen MR) is 92.2 cm³/mol. The molecule has 122 valence electrons. The zero-order valence-corrected chi connectivity index (χ0v) is 13.6. The number of rotatable bonds is 10. The Bertz CT molecular complexity index is 601. The number of unbranched alkanes of at least 4 members (excludes halogenated alkanes) is 2. The maximum atomic E-state index is 11.8. The third-order valence-electron chi connectivity index (χ3n) is 3.64. The van der Waals surface area contributed by atoms with Gasteiger partial charge in [-0.05, 0) is 30.0 Å². The molecule has 1 N–H and O–H groups in total. The fourth-order valence-electron chi connectivity index (χ4n) is 2.33. The van der Waals surface area contributed by atoms with Gasteiger partial charge in [-0.2, -0.15) is 0 Å². The highest BCUT2D eigenvalue weighted by molar-refractivity contribution is 5.93. The molecule has 0 atom stereocenters. The minimum Gasteiger partial charge on any atom is -0.385 e. The number of aromatic nitrogens is 2. The molecule has 0 bridgehead atoms. The lowest BCUT2D eigenvalue weighted by atomic mass is 10.1. The molecule has 2 rings (SSSR count). The van der Waals surface area contributed by atoms with Crippen molar-refractivity contribution in [2.75, 3.05) is 13.7 Å². The lowest BCUT2D eigenvalue weighted by Crippen LogP contribution is -1.94. The van der Waals surface area contributed by atoms with Crippen LogP contribution in [0.1, 0.15) is 42.6 Å². The molecule has 0 aliphatic rings. The van der Waals surface area contributed by atoms with Crippen LogP contribution in [0, 0.1) is 0 Å². The number of ether oxygens (including phenoxy) is 1. The van der Waals surface area contributed by atoms with Crippen LogP contribution in [0.25, 0.3) is 6.08 Å². The molecule has 0 saturated carbocycles. The standard InChI is InChI=1S/C19H24N2O2/c1-23-14-4-2-3-5-18(22)11-10-16-6-8-17(9-7-16)15-19-20-12-13-21-19/h6-13H,2-5,14-15H2,1H3,(H,20,21). The van der Waals surface area contributed by atoms with Gasteiger partial charge in [-0.15, -0.1) is 0 Å². The van der Waals surface area contributed by atoms with Crippen LogP contribution in [0.2, 0.25) is 0 Å². The van der Waals surface area contributed by atoms with Gasteiger partial charge >= 0.3 is 0 Å². The van der Waals surface area contributed by atoms with Gasteiger partial charge in [-0.25, -0.2) is 4.98 Å². The molecular weight excluding hydrogens is 288 g/mol. The number of carbonyl (C=O) groups excluding carboxylic acids is 1. The molecule has 4 heteroatoms. The summed E-state index contributed by atoms with van der Waals surface area (Å²) in [6, 6.07) is 8.19. The van der Waals surface area contributed by atoms with Crippen LogP contribution in [0.5, 0.6) is 0 Å². The number of benzene rings is 1. The molecule has 1 heterocycles. The molecule has 0 amide bonds. The van der Waals surface area contributed by atoms with Crippen molar-refractivity contribution in [1.29, 1.82) is 0 Å². The van der Waals surface area contributed by atoms with Crippen molar-refractivity contribution in [3.05, 3.63) is 59.7 Å². The van der Waals surface area contributed by atoms with E-state index in [9.17, 15) is 4.79 Å². The maximum Gasteiger partial charge on any atom is 0.155 e. The number of nitrogens with one attached hydrogen (secondary N) is 1. The number of ketones is 1. The van der Waals surface area contributed by atoms with Crippen LogP contribution < -0.4 is 0 Å². The van der Waals surface area contributed by atoms with E-state index >= 15 is 0 Å². The zero-order chi connectivity index (χ0) is 16.3. The van der Waals surface area contributed by atoms with E-state index < -0.39 is 0 Å². The summed E-state index contributed by atoms with van der Waals surface area (Å²) in [5.74, 6) is 1.14. The number of allylic oxidation sites excluding steroid dienone is 1. The molecule has 4 nitrogen and oxygen atoms in total. The van der Waals surface area contributed by atoms with Crippen LogP contribution in [-0.4, -0.2) is 29.5 Å². The summed E-state index contributed by atoms with van der Waals surface area (Å²) in [5.41, 5.74) is 2.24. The minimum absolute atomic E-state index is 0.182. The molecule has 0 fully saturated rings. The lowest BCUT2D eigenvalue weighted by molar-refractivity contribution is -0.114. The van der Waals surface area contributed by atoms with Crippen LogP contribution in [0.15, 0.2) is 42.7 Å². The summed E-state index contributed by atoms with van der Waals surface area (Å²) >= 11 is 0. The van der Waals surface area contributed by atoms with Crippen molar-refractivity contribution >= 4 is 11.9 Å². The number of aromatic amines is 1. The van der Waals surface area contributed by atoms with Gasteiger partial charge in [0, 0.05) is 39.0 Å². The molecule has 2 aromatic rings. The van der Waals surface area contributed by atoms with Crippen molar-refractivity contribution in [3.63, 3.8) is 0 Å². The molecule has 0 aliphatic heterocycles. The minimum atomic E-state index is 0.182. The first kappa shape index (κ1) is 17.2. The topological polar surface area (TPSA) is 55.0 Å². The second-order valence-corrected chi connectivity index (χ2v) is 5.56. The van der Waals surface area contributed by atoms with Crippen LogP contribution in [-0.2, 0) is 16.0 Å². The van der Waals surface area contributed by atoms with Gasteiger partial charge in [0.25, 0.3) is 0 Å². The number of carbonyl (C=O) groups is 1. The van der Waals surface area contributed by atoms with Gasteiger partial charge in [0.05, 0.1) is 0 Å². The number of methoxy groups -OCH3 is 1. The predicted octanol–water partition coefficient (Wildman–Crippen LogP) is 3.79. The number of hydrogen-bond donors (Lipinski definition) is 1. The normalized spacial score (nSPS) is 11.2. The van der Waals surface area contributed by atoms with E-state index in [2.05, 4.69) is 22.1 Å². The van der Waals surface area contributed by atoms with E-state index in [0.29, 0.717) is 6.42 Å². The van der Waals surface area contributed by atoms with E-state index in [1.165, 1.54) is 5.56 Å². The van der Waals surface area contributed by atoms with Crippen molar-refractivity contribution in [2.24, 2.45) is 0 Å². The lowest BCUT2D eigenvalue weighted by Gasteiger charge is -2.00. The second-order valence-electron chi connectivity index (χ2n) is 5.56. The van der Waals surface area contributed by atoms with E-state index in [1.54, 1.807) is 19.4 Å². The molecule has 23 heavy (non-hydrogen) atoms. The van der Waals surface area contributed by atoms with E-state index in [0.717, 1.165) is 43.7 Å². The Morgan fingerprint density at radius 3 is 2.74 bits per heavy atom. The SMILES string of the molecule is COCCCCCC(=O)C=Cc1ccc(Cc2ncc[nH]2)cc1. The van der Waals surface area contributed by atoms with Crippen molar-refractivity contribution in [3.8, 4) is 0 Å². The summed E-state index contributed by atoms with van der Waals surface area (Å²) in [7, 11) is 1.70. The van der Waals surface area contributed by atoms with Gasteiger partial charge in [-0.3, -0.25) is 4.79 Å². The van der Waals surface area contributed by atoms with Crippen molar-refractivity contribution in [2.45, 2.75) is 32.1 Å². The van der Waals surface area contributed by atoms with Gasteiger partial charge in [-0.1, -0.05) is 36.8 Å². The Kier molecular flexibility index (Phi) is 7.27. The number of H-pyrrole nitrogens is 1. The molecule has 0 aliphatic carbocycles. The number of hydrogen-bond acceptors (Lipinski definition) is 3. The maximum absolute atomic E-state index is 11.8. The van der Waals surface area contributed by atoms with E-state index in [-0.39, 0.29) is 5.78 Å². The molecule has 1 aromatic carbocycles. The summed E-state index contributed by atoms with van der Waals surface area (Å²) in [6.45, 7) is 0.772. The molecule has 0 saturated heterocycles. The average molecular weight is 312 g/mol. The Labute approximate surface area is 137 Å². The third-order valence-corrected chi connectivity index (χ3v) is 3.64. The molecule has 1 aromatic heterocycles. The summed E-state index contributed by atoms with van der Waals surface area (Å²) in [5, 5.41) is 0. The first-order valence-electron chi connectivity index (χ1n) is 8.05. The van der Waals surface area contributed by atoms with Crippen LogP contribution in [0.3, 0.4) is 0 Å². The number of imidazole rings is 1. The summed E-state index contributed by atoms with van der Waals surface area (Å²) < 4.78 is 4.99. The third kappa shape index (κ3) is 6.61. The largest absolute Gasteiger partial charge is 0.385 e. The van der Waals surface area contributed by atoms with Crippen molar-refractivity contribution in [1.82, 2.24) is 9.97 Å². The average Bonchev–Trinajstić information content (AvgIpc) is 3.07. The molecule has 0 radical (unpaired) electrons. The fourth-order valence-corrected chi connectivity index (χ4v) is 2.33. The fraction of sp³-hybridized carbons (Fsp3) is 0.368.